The van der Waals surface area contributed by atoms with E-state index in [2.05, 4.69) is 63.4 Å². The molecule has 0 saturated heterocycles. The molecule has 1 aromatic carbocycles. The number of nitrogens with zero attached hydrogens (tertiary/aromatic N) is 3. The first kappa shape index (κ1) is 12.1. The molecular weight excluding hydrogens is 280 g/mol. The van der Waals surface area contributed by atoms with Gasteiger partial charge in [-0.1, -0.05) is 22.0 Å². The third-order valence-corrected chi connectivity index (χ3v) is 3.47. The van der Waals surface area contributed by atoms with Crippen molar-refractivity contribution in [3.63, 3.8) is 0 Å². The summed E-state index contributed by atoms with van der Waals surface area (Å²) in [5, 5.41) is 7.47. The van der Waals surface area contributed by atoms with E-state index in [1.54, 1.807) is 6.33 Å². The first-order valence-corrected chi connectivity index (χ1v) is 6.36. The molecule has 1 N–H and O–H groups in total. The molecule has 5 heteroatoms. The maximum Gasteiger partial charge on any atom is 0.146 e. The van der Waals surface area contributed by atoms with E-state index < -0.39 is 0 Å². The van der Waals surface area contributed by atoms with Crippen molar-refractivity contribution in [1.82, 2.24) is 14.8 Å². The van der Waals surface area contributed by atoms with E-state index in [1.165, 1.54) is 5.56 Å². The van der Waals surface area contributed by atoms with Crippen LogP contribution < -0.4 is 5.32 Å². The lowest BCUT2D eigenvalue weighted by Gasteiger charge is -2.08. The van der Waals surface area contributed by atoms with Crippen LogP contribution in [0.2, 0.25) is 0 Å². The van der Waals surface area contributed by atoms with Gasteiger partial charge >= 0.3 is 0 Å². The average molecular weight is 295 g/mol. The van der Waals surface area contributed by atoms with E-state index in [1.807, 2.05) is 4.68 Å². The minimum atomic E-state index is 0.684. The predicted octanol–water partition coefficient (Wildman–Crippen LogP) is 2.98. The third-order valence-electron chi connectivity index (χ3n) is 2.62. The fourth-order valence-electron chi connectivity index (χ4n) is 1.57. The van der Waals surface area contributed by atoms with Gasteiger partial charge in [-0.3, -0.25) is 0 Å². The molecule has 0 bridgehead atoms. The first-order valence-electron chi connectivity index (χ1n) is 5.57. The Labute approximate surface area is 109 Å². The minimum Gasteiger partial charge on any atom is -0.378 e. The molecule has 0 saturated carbocycles. The zero-order chi connectivity index (χ0) is 12.3. The number of halogens is 1. The van der Waals surface area contributed by atoms with E-state index in [4.69, 9.17) is 0 Å². The maximum absolute atomic E-state index is 4.22. The summed E-state index contributed by atoms with van der Waals surface area (Å²) in [6.07, 6.45) is 1.59. The van der Waals surface area contributed by atoms with E-state index >= 15 is 0 Å². The van der Waals surface area contributed by atoms with Gasteiger partial charge in [-0.05, 0) is 31.5 Å². The minimum absolute atomic E-state index is 0.684. The Kier molecular flexibility index (Phi) is 3.78. The summed E-state index contributed by atoms with van der Waals surface area (Å²) < 4.78 is 3.00. The van der Waals surface area contributed by atoms with Crippen LogP contribution in [0.3, 0.4) is 0 Å². The predicted molar refractivity (Wildman–Crippen MR) is 71.9 cm³/mol. The lowest BCUT2D eigenvalue weighted by Crippen LogP contribution is -2.09. The number of rotatable bonds is 4. The van der Waals surface area contributed by atoms with E-state index in [0.29, 0.717) is 6.54 Å². The molecule has 0 unspecified atom stereocenters. The van der Waals surface area contributed by atoms with Gasteiger partial charge in [-0.15, -0.1) is 0 Å². The van der Waals surface area contributed by atoms with Gasteiger partial charge in [0, 0.05) is 16.7 Å². The molecular formula is C12H15BrN4. The number of hydrogen-bond donors (Lipinski definition) is 1. The molecule has 0 atom stereocenters. The number of benzene rings is 1. The Morgan fingerprint density at radius 1 is 1.41 bits per heavy atom. The normalized spacial score (nSPS) is 10.5. The molecule has 1 aromatic heterocycles. The smallest absolute Gasteiger partial charge is 0.146 e. The number of hydrogen-bond acceptors (Lipinski definition) is 3. The molecule has 0 aliphatic rings. The van der Waals surface area contributed by atoms with Crippen LogP contribution in [0.15, 0.2) is 29.0 Å². The maximum atomic E-state index is 4.22. The quantitative estimate of drug-likeness (QED) is 0.943. The lowest BCUT2D eigenvalue weighted by molar-refractivity contribution is 0.622. The van der Waals surface area contributed by atoms with Gasteiger partial charge in [0.2, 0.25) is 0 Å². The molecule has 2 rings (SSSR count). The van der Waals surface area contributed by atoms with Gasteiger partial charge < -0.3 is 5.32 Å². The Morgan fingerprint density at radius 2 is 2.24 bits per heavy atom. The van der Waals surface area contributed by atoms with Crippen molar-refractivity contribution in [2.45, 2.75) is 26.9 Å². The zero-order valence-corrected chi connectivity index (χ0v) is 11.5. The van der Waals surface area contributed by atoms with Crippen LogP contribution in [0.5, 0.6) is 0 Å². The topological polar surface area (TPSA) is 42.7 Å². The first-order chi connectivity index (χ1) is 8.20. The molecule has 2 aromatic rings. The highest BCUT2D eigenvalue weighted by molar-refractivity contribution is 9.10. The van der Waals surface area contributed by atoms with Crippen molar-refractivity contribution >= 4 is 21.6 Å². The summed E-state index contributed by atoms with van der Waals surface area (Å²) in [5.41, 5.74) is 2.31. The number of nitrogens with one attached hydrogen (secondary N) is 1. The molecule has 1 heterocycles. The number of anilines is 1. The summed E-state index contributed by atoms with van der Waals surface area (Å²) in [6.45, 7) is 5.65. The molecule has 0 aliphatic heterocycles. The van der Waals surface area contributed by atoms with Crippen molar-refractivity contribution in [3.8, 4) is 0 Å². The fourth-order valence-corrected chi connectivity index (χ4v) is 1.95. The highest BCUT2D eigenvalue weighted by atomic mass is 79.9. The van der Waals surface area contributed by atoms with Crippen LogP contribution in [0.25, 0.3) is 0 Å². The van der Waals surface area contributed by atoms with Crippen molar-refractivity contribution in [2.75, 3.05) is 5.32 Å². The van der Waals surface area contributed by atoms with Gasteiger partial charge in [-0.2, -0.15) is 5.10 Å². The number of aromatic nitrogens is 3. The summed E-state index contributed by atoms with van der Waals surface area (Å²) in [7, 11) is 0. The van der Waals surface area contributed by atoms with Gasteiger partial charge in [0.05, 0.1) is 6.54 Å². The standard InChI is InChI=1S/C12H15BrN4/c1-3-17-12(15-8-16-17)7-14-10-5-4-9(2)11(13)6-10/h4-6,8,14H,3,7H2,1-2H3. The molecule has 0 amide bonds. The molecule has 0 radical (unpaired) electrons. The second-order valence-corrected chi connectivity index (χ2v) is 4.66. The molecule has 90 valence electrons. The summed E-state index contributed by atoms with van der Waals surface area (Å²) in [5.74, 6) is 0.948. The SMILES string of the molecule is CCn1ncnc1CNc1ccc(C)c(Br)c1. The molecule has 0 fully saturated rings. The van der Waals surface area contributed by atoms with Gasteiger partial charge in [0.25, 0.3) is 0 Å². The van der Waals surface area contributed by atoms with Crippen LogP contribution in [-0.4, -0.2) is 14.8 Å². The van der Waals surface area contributed by atoms with Crippen molar-refractivity contribution in [2.24, 2.45) is 0 Å². The monoisotopic (exact) mass is 294 g/mol. The van der Waals surface area contributed by atoms with Crippen LogP contribution in [0.4, 0.5) is 5.69 Å². The van der Waals surface area contributed by atoms with Gasteiger partial charge in [0.1, 0.15) is 12.2 Å². The summed E-state index contributed by atoms with van der Waals surface area (Å²) in [4.78, 5) is 4.22. The Hall–Kier alpha value is -1.36. The molecule has 4 nitrogen and oxygen atoms in total. The lowest BCUT2D eigenvalue weighted by atomic mass is 10.2. The zero-order valence-electron chi connectivity index (χ0n) is 9.94. The second kappa shape index (κ2) is 5.31. The molecule has 0 spiro atoms. The van der Waals surface area contributed by atoms with Crippen molar-refractivity contribution in [3.05, 3.63) is 40.4 Å². The fraction of sp³-hybridized carbons (Fsp3) is 0.333. The largest absolute Gasteiger partial charge is 0.378 e. The van der Waals surface area contributed by atoms with E-state index in [9.17, 15) is 0 Å². The Morgan fingerprint density at radius 3 is 2.94 bits per heavy atom. The van der Waals surface area contributed by atoms with E-state index in [0.717, 1.165) is 22.5 Å². The second-order valence-electron chi connectivity index (χ2n) is 3.81. The van der Waals surface area contributed by atoms with Crippen LogP contribution in [0.1, 0.15) is 18.3 Å². The van der Waals surface area contributed by atoms with Crippen LogP contribution >= 0.6 is 15.9 Å². The van der Waals surface area contributed by atoms with E-state index in [-0.39, 0.29) is 0 Å². The molecule has 0 aliphatic carbocycles. The van der Waals surface area contributed by atoms with Crippen LogP contribution in [0, 0.1) is 6.92 Å². The highest BCUT2D eigenvalue weighted by Gasteiger charge is 2.02. The summed E-state index contributed by atoms with van der Waals surface area (Å²) >= 11 is 3.52. The summed E-state index contributed by atoms with van der Waals surface area (Å²) in [6, 6.07) is 6.21. The van der Waals surface area contributed by atoms with Crippen molar-refractivity contribution in [1.29, 1.82) is 0 Å². The van der Waals surface area contributed by atoms with Gasteiger partial charge in [0.15, 0.2) is 0 Å². The third kappa shape index (κ3) is 2.85. The van der Waals surface area contributed by atoms with Crippen LogP contribution in [-0.2, 0) is 13.1 Å². The average Bonchev–Trinajstić information content (AvgIpc) is 2.78. The Balaban J connectivity index is 2.05. The Bertz CT molecular complexity index is 507. The van der Waals surface area contributed by atoms with Crippen molar-refractivity contribution < 1.29 is 0 Å². The number of aryl methyl sites for hydroxylation is 2. The highest BCUT2D eigenvalue weighted by Crippen LogP contribution is 2.20. The molecule has 17 heavy (non-hydrogen) atoms. The van der Waals surface area contributed by atoms with Gasteiger partial charge in [-0.25, -0.2) is 9.67 Å².